The van der Waals surface area contributed by atoms with Crippen molar-refractivity contribution < 1.29 is 24.5 Å². The average molecular weight is 971 g/mol. The lowest BCUT2D eigenvalue weighted by Crippen LogP contribution is -2.45. The van der Waals surface area contributed by atoms with Crippen LogP contribution in [0.2, 0.25) is 0 Å². The average Bonchev–Trinajstić information content (AvgIpc) is 3.35. The van der Waals surface area contributed by atoms with Gasteiger partial charge in [0.2, 0.25) is 5.91 Å². The summed E-state index contributed by atoms with van der Waals surface area (Å²) in [6.45, 7) is 4.93. The molecule has 69 heavy (non-hydrogen) atoms. The van der Waals surface area contributed by atoms with Gasteiger partial charge in [0.15, 0.2) is 0 Å². The molecule has 6 heteroatoms. The van der Waals surface area contributed by atoms with Gasteiger partial charge in [-0.1, -0.05) is 269 Å². The van der Waals surface area contributed by atoms with Gasteiger partial charge in [0.05, 0.1) is 25.4 Å². The second kappa shape index (κ2) is 58.6. The number of aliphatic hydroxyl groups excluding tert-OH is 2. The van der Waals surface area contributed by atoms with E-state index in [4.69, 9.17) is 4.74 Å². The normalized spacial score (nSPS) is 12.8. The van der Waals surface area contributed by atoms with Crippen molar-refractivity contribution in [1.82, 2.24) is 5.32 Å². The van der Waals surface area contributed by atoms with Gasteiger partial charge in [0, 0.05) is 12.8 Å². The molecule has 0 radical (unpaired) electrons. The molecule has 0 rings (SSSR count). The minimum Gasteiger partial charge on any atom is -0.466 e. The summed E-state index contributed by atoms with van der Waals surface area (Å²) in [7, 11) is 0. The number of rotatable bonds is 57. The highest BCUT2D eigenvalue weighted by atomic mass is 16.5. The Kier molecular flexibility index (Phi) is 57.0. The lowest BCUT2D eigenvalue weighted by molar-refractivity contribution is -0.143. The van der Waals surface area contributed by atoms with Crippen molar-refractivity contribution in [2.45, 2.75) is 341 Å². The van der Waals surface area contributed by atoms with Crippen LogP contribution in [0, 0.1) is 0 Å². The van der Waals surface area contributed by atoms with E-state index in [1.165, 1.54) is 244 Å². The zero-order valence-corrected chi connectivity index (χ0v) is 46.3. The third-order valence-electron chi connectivity index (χ3n) is 14.2. The fourth-order valence-corrected chi connectivity index (χ4v) is 9.43. The number of carbonyl (C=O) groups excluding carboxylic acids is 2. The highest BCUT2D eigenvalue weighted by molar-refractivity contribution is 5.76. The van der Waals surface area contributed by atoms with Crippen molar-refractivity contribution in [3.63, 3.8) is 0 Å². The van der Waals surface area contributed by atoms with Crippen LogP contribution < -0.4 is 5.32 Å². The summed E-state index contributed by atoms with van der Waals surface area (Å²) in [4.78, 5) is 24.5. The molecule has 0 aliphatic carbocycles. The zero-order valence-electron chi connectivity index (χ0n) is 46.3. The van der Waals surface area contributed by atoms with E-state index in [9.17, 15) is 19.8 Å². The molecule has 1 amide bonds. The first-order valence-electron chi connectivity index (χ1n) is 30.7. The first-order valence-corrected chi connectivity index (χ1v) is 30.7. The Balaban J connectivity index is 3.42. The van der Waals surface area contributed by atoms with E-state index in [-0.39, 0.29) is 18.5 Å². The number of hydrogen-bond acceptors (Lipinski definition) is 5. The van der Waals surface area contributed by atoms with Gasteiger partial charge in [-0.05, 0) is 83.5 Å². The van der Waals surface area contributed by atoms with E-state index >= 15 is 0 Å². The van der Waals surface area contributed by atoms with Crippen LogP contribution in [0.5, 0.6) is 0 Å². The van der Waals surface area contributed by atoms with Crippen LogP contribution in [0.4, 0.5) is 0 Å². The third kappa shape index (κ3) is 55.2. The molecule has 0 aliphatic heterocycles. The molecule has 0 fully saturated rings. The molecule has 0 aliphatic rings. The second-order valence-electron chi connectivity index (χ2n) is 21.0. The van der Waals surface area contributed by atoms with E-state index in [0.717, 1.165) is 51.4 Å². The number of esters is 1. The van der Waals surface area contributed by atoms with Crippen molar-refractivity contribution in [3.8, 4) is 0 Å². The molecular weight excluding hydrogens is 851 g/mol. The SMILES string of the molecule is CCCCC/C=C\C/C=C\CCCCCCCC(=O)OCCCCCCCCCCCCC/C=C\CCCCCCCCCC(=O)NC(CO)C(O)CCCCCCCCCCCCCCCCC. The van der Waals surface area contributed by atoms with Gasteiger partial charge in [-0.15, -0.1) is 0 Å². The molecule has 0 spiro atoms. The molecule has 0 saturated carbocycles. The van der Waals surface area contributed by atoms with Crippen LogP contribution in [0.15, 0.2) is 36.5 Å². The van der Waals surface area contributed by atoms with Crippen molar-refractivity contribution in [3.05, 3.63) is 36.5 Å². The van der Waals surface area contributed by atoms with Crippen LogP contribution in [0.1, 0.15) is 328 Å². The molecular formula is C63H119NO5. The molecule has 2 unspecified atom stereocenters. The Labute approximate surface area is 430 Å². The quantitative estimate of drug-likeness (QED) is 0.0321. The van der Waals surface area contributed by atoms with Gasteiger partial charge in [-0.2, -0.15) is 0 Å². The van der Waals surface area contributed by atoms with Crippen molar-refractivity contribution >= 4 is 11.9 Å². The fourth-order valence-electron chi connectivity index (χ4n) is 9.43. The second-order valence-corrected chi connectivity index (χ2v) is 21.0. The smallest absolute Gasteiger partial charge is 0.305 e. The number of amides is 1. The summed E-state index contributed by atoms with van der Waals surface area (Å²) in [6.07, 6.45) is 72.9. The standard InChI is InChI=1S/C63H119NO5/c1-3-5-7-9-11-13-15-17-27-31-35-39-43-47-51-55-61(66)60(59-65)64-62(67)56-52-48-44-40-36-32-29-25-23-21-19-20-22-24-26-30-34-38-42-46-50-54-58-69-63(68)57-53-49-45-41-37-33-28-18-16-14-12-10-8-6-4-2/h12,14,18,21,23,28,60-61,65-66H,3-11,13,15-17,19-20,22,24-27,29-59H2,1-2H3,(H,64,67)/b14-12-,23-21-,28-18-. The van der Waals surface area contributed by atoms with E-state index in [1.54, 1.807) is 0 Å². The van der Waals surface area contributed by atoms with Crippen LogP contribution in [-0.2, 0) is 14.3 Å². The van der Waals surface area contributed by atoms with Crippen molar-refractivity contribution in [2.24, 2.45) is 0 Å². The first-order chi connectivity index (χ1) is 34.0. The summed E-state index contributed by atoms with van der Waals surface area (Å²) in [5, 5.41) is 23.3. The maximum atomic E-state index is 12.5. The monoisotopic (exact) mass is 970 g/mol. The number of aliphatic hydroxyl groups is 2. The molecule has 0 bridgehead atoms. The maximum absolute atomic E-state index is 12.5. The number of carbonyl (C=O) groups is 2. The minimum atomic E-state index is -0.669. The van der Waals surface area contributed by atoms with E-state index < -0.39 is 12.1 Å². The molecule has 0 heterocycles. The molecule has 406 valence electrons. The molecule has 0 aromatic rings. The van der Waals surface area contributed by atoms with Crippen LogP contribution in [0.3, 0.4) is 0 Å². The third-order valence-corrected chi connectivity index (χ3v) is 14.2. The topological polar surface area (TPSA) is 95.9 Å². The van der Waals surface area contributed by atoms with Gasteiger partial charge >= 0.3 is 5.97 Å². The maximum Gasteiger partial charge on any atom is 0.305 e. The number of hydrogen-bond donors (Lipinski definition) is 3. The van der Waals surface area contributed by atoms with Gasteiger partial charge in [0.1, 0.15) is 0 Å². The summed E-state index contributed by atoms with van der Waals surface area (Å²) in [5.74, 6) is -0.0450. The molecule has 2 atom stereocenters. The Morgan fingerprint density at radius 2 is 0.725 bits per heavy atom. The van der Waals surface area contributed by atoms with Crippen molar-refractivity contribution in [2.75, 3.05) is 13.2 Å². The summed E-state index contributed by atoms with van der Waals surface area (Å²) < 4.78 is 5.47. The molecule has 0 aromatic carbocycles. The highest BCUT2D eigenvalue weighted by Gasteiger charge is 2.20. The van der Waals surface area contributed by atoms with Crippen molar-refractivity contribution in [1.29, 1.82) is 0 Å². The van der Waals surface area contributed by atoms with Crippen LogP contribution >= 0.6 is 0 Å². The molecule has 0 saturated heterocycles. The van der Waals surface area contributed by atoms with Gasteiger partial charge in [-0.3, -0.25) is 9.59 Å². The largest absolute Gasteiger partial charge is 0.466 e. The molecule has 6 nitrogen and oxygen atoms in total. The first kappa shape index (κ1) is 67.1. The zero-order chi connectivity index (χ0) is 50.0. The number of ether oxygens (including phenoxy) is 1. The Morgan fingerprint density at radius 1 is 0.406 bits per heavy atom. The Morgan fingerprint density at radius 3 is 1.14 bits per heavy atom. The Bertz CT molecular complexity index is 1120. The molecule has 0 aromatic heterocycles. The minimum absolute atomic E-state index is 0.00402. The number of allylic oxidation sites excluding steroid dienone is 6. The van der Waals surface area contributed by atoms with E-state index in [1.807, 2.05) is 0 Å². The number of nitrogens with one attached hydrogen (secondary N) is 1. The summed E-state index contributed by atoms with van der Waals surface area (Å²) in [5.41, 5.74) is 0. The lowest BCUT2D eigenvalue weighted by atomic mass is 10.0. The predicted octanol–water partition coefficient (Wildman–Crippen LogP) is 19.2. The molecule has 3 N–H and O–H groups in total. The van der Waals surface area contributed by atoms with Crippen LogP contribution in [0.25, 0.3) is 0 Å². The Hall–Kier alpha value is -1.92. The fraction of sp³-hybridized carbons (Fsp3) is 0.873. The van der Waals surface area contributed by atoms with Gasteiger partial charge in [-0.25, -0.2) is 0 Å². The summed E-state index contributed by atoms with van der Waals surface area (Å²) >= 11 is 0. The van der Waals surface area contributed by atoms with E-state index in [0.29, 0.717) is 25.9 Å². The predicted molar refractivity (Wildman–Crippen MR) is 301 cm³/mol. The summed E-state index contributed by atoms with van der Waals surface area (Å²) in [6, 6.07) is -0.547. The van der Waals surface area contributed by atoms with Gasteiger partial charge < -0.3 is 20.3 Å². The highest BCUT2D eigenvalue weighted by Crippen LogP contribution is 2.17. The van der Waals surface area contributed by atoms with Crippen LogP contribution in [-0.4, -0.2) is 47.4 Å². The lowest BCUT2D eigenvalue weighted by Gasteiger charge is -2.22. The van der Waals surface area contributed by atoms with Gasteiger partial charge in [0.25, 0.3) is 0 Å². The number of unbranched alkanes of at least 4 members (excludes halogenated alkanes) is 40. The van der Waals surface area contributed by atoms with E-state index in [2.05, 4.69) is 55.6 Å².